The van der Waals surface area contributed by atoms with Gasteiger partial charge < -0.3 is 24.5 Å². The summed E-state index contributed by atoms with van der Waals surface area (Å²) in [6, 6.07) is -0.635. The van der Waals surface area contributed by atoms with Gasteiger partial charge in [0, 0.05) is 64.7 Å². The highest BCUT2D eigenvalue weighted by Crippen LogP contribution is 2.66. The third-order valence-corrected chi connectivity index (χ3v) is 10.1. The number of aliphatic hydroxyl groups is 1. The minimum atomic E-state index is -0.635. The highest BCUT2D eigenvalue weighted by molar-refractivity contribution is 8.02. The van der Waals surface area contributed by atoms with E-state index in [4.69, 9.17) is 4.74 Å². The number of thioether (sulfide) groups is 1. The second kappa shape index (κ2) is 11.7. The van der Waals surface area contributed by atoms with E-state index in [9.17, 15) is 19.5 Å². The molecule has 10 heteroatoms. The molecule has 3 amide bonds. The summed E-state index contributed by atoms with van der Waals surface area (Å²) in [4.78, 5) is 49.0. The fourth-order valence-corrected chi connectivity index (χ4v) is 8.65. The van der Waals surface area contributed by atoms with E-state index in [0.29, 0.717) is 45.8 Å². The molecule has 1 spiro atoms. The Kier molecular flexibility index (Phi) is 8.80. The van der Waals surface area contributed by atoms with Crippen molar-refractivity contribution in [3.8, 4) is 0 Å². The Hall–Kier alpha value is -1.88. The third kappa shape index (κ3) is 4.85. The van der Waals surface area contributed by atoms with E-state index >= 15 is 0 Å². The lowest BCUT2D eigenvalue weighted by atomic mass is 9.70. The van der Waals surface area contributed by atoms with E-state index < -0.39 is 22.6 Å². The van der Waals surface area contributed by atoms with Crippen LogP contribution in [0.3, 0.4) is 0 Å². The average Bonchev–Trinajstić information content (AvgIpc) is 3.52. The monoisotopic (exact) mass is 520 g/mol. The molecule has 0 aromatic heterocycles. The Bertz CT molecular complexity index is 865. The van der Waals surface area contributed by atoms with Gasteiger partial charge in [0.25, 0.3) is 0 Å². The molecule has 36 heavy (non-hydrogen) atoms. The van der Waals surface area contributed by atoms with E-state index in [2.05, 4.69) is 18.1 Å². The van der Waals surface area contributed by atoms with Crippen molar-refractivity contribution < 1.29 is 24.2 Å². The number of ether oxygens (including phenoxy) is 1. The van der Waals surface area contributed by atoms with Gasteiger partial charge in [-0.25, -0.2) is 0 Å². The van der Waals surface area contributed by atoms with Gasteiger partial charge in [-0.3, -0.25) is 19.3 Å². The number of rotatable bonds is 12. The number of carbonyl (C=O) groups is 3. The normalized spacial score (nSPS) is 31.4. The molecule has 1 N–H and O–H groups in total. The van der Waals surface area contributed by atoms with Gasteiger partial charge in [0.15, 0.2) is 0 Å². The van der Waals surface area contributed by atoms with Crippen molar-refractivity contribution in [3.05, 3.63) is 25.3 Å². The molecule has 4 heterocycles. The number of nitrogens with zero attached hydrogens (tertiary/aromatic N) is 4. The highest BCUT2D eigenvalue weighted by Gasteiger charge is 2.73. The van der Waals surface area contributed by atoms with Crippen molar-refractivity contribution in [2.24, 2.45) is 11.8 Å². The van der Waals surface area contributed by atoms with Crippen LogP contribution >= 0.6 is 11.8 Å². The molecule has 0 radical (unpaired) electrons. The minimum absolute atomic E-state index is 0.0372. The van der Waals surface area contributed by atoms with E-state index in [1.807, 2.05) is 4.90 Å². The minimum Gasteiger partial charge on any atom is -0.396 e. The fourth-order valence-electron chi connectivity index (χ4n) is 6.44. The summed E-state index contributed by atoms with van der Waals surface area (Å²) >= 11 is 1.68. The van der Waals surface area contributed by atoms with Crippen LogP contribution in [0.5, 0.6) is 0 Å². The maximum atomic E-state index is 14.2. The van der Waals surface area contributed by atoms with Crippen LogP contribution in [-0.4, -0.2) is 131 Å². The van der Waals surface area contributed by atoms with Crippen LogP contribution in [0.15, 0.2) is 25.3 Å². The molecule has 5 atom stereocenters. The first kappa shape index (κ1) is 27.2. The Labute approximate surface area is 218 Å². The lowest BCUT2D eigenvalue weighted by molar-refractivity contribution is -0.144. The first-order chi connectivity index (χ1) is 17.4. The Morgan fingerprint density at radius 3 is 2.58 bits per heavy atom. The maximum Gasteiger partial charge on any atom is 0.247 e. The number of likely N-dealkylation sites (N-methyl/N-ethyl adjacent to an activating group) is 1. The molecule has 2 unspecified atom stereocenters. The Balaban J connectivity index is 1.61. The maximum absolute atomic E-state index is 14.2. The molecule has 4 aliphatic rings. The van der Waals surface area contributed by atoms with Crippen LogP contribution in [0.4, 0.5) is 0 Å². The number of aliphatic hydroxyl groups excluding tert-OH is 1. The molecule has 0 aromatic carbocycles. The Morgan fingerprint density at radius 1 is 1.19 bits per heavy atom. The van der Waals surface area contributed by atoms with E-state index in [-0.39, 0.29) is 29.6 Å². The van der Waals surface area contributed by atoms with Crippen LogP contribution in [-0.2, 0) is 19.1 Å². The molecule has 4 fully saturated rings. The van der Waals surface area contributed by atoms with Crippen LogP contribution in [0, 0.1) is 11.8 Å². The van der Waals surface area contributed by atoms with Gasteiger partial charge in [-0.1, -0.05) is 12.2 Å². The third-order valence-electron chi connectivity index (χ3n) is 8.11. The summed E-state index contributed by atoms with van der Waals surface area (Å²) in [5.74, 6) is -1.18. The van der Waals surface area contributed by atoms with Gasteiger partial charge in [-0.05, 0) is 19.3 Å². The van der Waals surface area contributed by atoms with Gasteiger partial charge in [0.2, 0.25) is 17.7 Å². The summed E-state index contributed by atoms with van der Waals surface area (Å²) in [6.45, 7) is 13.0. The van der Waals surface area contributed by atoms with Crippen molar-refractivity contribution in [2.75, 3.05) is 72.7 Å². The summed E-state index contributed by atoms with van der Waals surface area (Å²) < 4.78 is 4.84. The topological polar surface area (TPSA) is 93.6 Å². The molecule has 9 nitrogen and oxygen atoms in total. The number of morpholine rings is 1. The molecule has 0 saturated carbocycles. The summed E-state index contributed by atoms with van der Waals surface area (Å²) in [5, 5.41) is 9.56. The van der Waals surface area contributed by atoms with Crippen LogP contribution in [0.25, 0.3) is 0 Å². The zero-order valence-corrected chi connectivity index (χ0v) is 22.2. The van der Waals surface area contributed by atoms with Gasteiger partial charge in [-0.15, -0.1) is 24.9 Å². The van der Waals surface area contributed by atoms with Crippen LogP contribution in [0.1, 0.15) is 19.3 Å². The molecule has 200 valence electrons. The summed E-state index contributed by atoms with van der Waals surface area (Å²) in [7, 11) is 1.75. The zero-order valence-electron chi connectivity index (χ0n) is 21.3. The molecule has 2 bridgehead atoms. The first-order valence-electron chi connectivity index (χ1n) is 13.0. The molecule has 4 aliphatic heterocycles. The van der Waals surface area contributed by atoms with Crippen molar-refractivity contribution in [1.29, 1.82) is 0 Å². The van der Waals surface area contributed by atoms with Crippen LogP contribution in [0.2, 0.25) is 0 Å². The molecule has 4 saturated heterocycles. The number of hydrogen-bond acceptors (Lipinski definition) is 7. The Morgan fingerprint density at radius 2 is 1.92 bits per heavy atom. The molecular formula is C26H40N4O5S. The highest BCUT2D eigenvalue weighted by atomic mass is 32.2. The van der Waals surface area contributed by atoms with E-state index in [1.165, 1.54) is 0 Å². The van der Waals surface area contributed by atoms with Crippen molar-refractivity contribution in [2.45, 2.75) is 35.3 Å². The molecule has 0 aromatic rings. The fraction of sp³-hybridized carbons (Fsp3) is 0.731. The zero-order chi connectivity index (χ0) is 25.9. The van der Waals surface area contributed by atoms with Gasteiger partial charge in [-0.2, -0.15) is 0 Å². The van der Waals surface area contributed by atoms with Gasteiger partial charge in [0.05, 0.1) is 29.8 Å². The molecular weight excluding hydrogens is 480 g/mol. The van der Waals surface area contributed by atoms with Crippen LogP contribution < -0.4 is 0 Å². The summed E-state index contributed by atoms with van der Waals surface area (Å²) in [5.41, 5.74) is 0. The van der Waals surface area contributed by atoms with Crippen molar-refractivity contribution >= 4 is 29.5 Å². The lowest BCUT2D eigenvalue weighted by Gasteiger charge is -2.38. The second-order valence-electron chi connectivity index (χ2n) is 10.2. The second-order valence-corrected chi connectivity index (χ2v) is 11.8. The quantitative estimate of drug-likeness (QED) is 0.374. The van der Waals surface area contributed by atoms with Crippen molar-refractivity contribution in [3.63, 3.8) is 0 Å². The first-order valence-corrected chi connectivity index (χ1v) is 13.9. The standard InChI is InChI=1S/C26H40N4O5S/c1-4-9-27(3)23(32)20-19-7-8-26(36-19)21(20)24(33)30(11-6-16-31)22(26)25(34)29(10-5-2)13-12-28-14-17-35-18-15-28/h4-5,19-22,31H,1-2,6-18H2,3H3/t19-,20+,21-,22?,26?/m0/s1. The van der Waals surface area contributed by atoms with Gasteiger partial charge in [0.1, 0.15) is 6.04 Å². The largest absolute Gasteiger partial charge is 0.396 e. The number of likely N-dealkylation sites (tertiary alicyclic amines) is 1. The van der Waals surface area contributed by atoms with Crippen molar-refractivity contribution in [1.82, 2.24) is 19.6 Å². The number of amides is 3. The SMILES string of the molecule is C=CCN(C)C(=O)[C@@H]1[C@@H]2CCC3(S2)C(C(=O)N(CC=C)CCN2CCOCC2)N(CCCO)C(=O)[C@H]13. The van der Waals surface area contributed by atoms with Gasteiger partial charge >= 0.3 is 0 Å². The van der Waals surface area contributed by atoms with E-state index in [0.717, 1.165) is 32.5 Å². The summed E-state index contributed by atoms with van der Waals surface area (Å²) in [6.07, 6.45) is 5.38. The number of fused-ring (bicyclic) bond motifs is 1. The van der Waals surface area contributed by atoms with E-state index in [1.54, 1.807) is 40.8 Å². The number of carbonyl (C=O) groups excluding carboxylic acids is 3. The lowest BCUT2D eigenvalue weighted by Crippen LogP contribution is -2.56. The average molecular weight is 521 g/mol. The number of hydrogen-bond donors (Lipinski definition) is 1. The smallest absolute Gasteiger partial charge is 0.247 e. The predicted molar refractivity (Wildman–Crippen MR) is 139 cm³/mol. The molecule has 0 aliphatic carbocycles. The molecule has 4 rings (SSSR count). The predicted octanol–water partition coefficient (Wildman–Crippen LogP) is 0.451.